The fourth-order valence-electron chi connectivity index (χ4n) is 9.03. The Bertz CT molecular complexity index is 3530. The number of aliphatic imine (C=N–C) groups is 1. The summed E-state index contributed by atoms with van der Waals surface area (Å²) in [5.74, 6) is 0.950. The Morgan fingerprint density at radius 1 is 0.492 bits per heavy atom. The van der Waals surface area contributed by atoms with Crippen molar-refractivity contribution in [3.63, 3.8) is 0 Å². The van der Waals surface area contributed by atoms with Crippen molar-refractivity contribution in [1.29, 1.82) is 0 Å². The fraction of sp³-hybridized carbons (Fsp3) is 0.0357. The Morgan fingerprint density at radius 3 is 1.89 bits per heavy atom. The van der Waals surface area contributed by atoms with Crippen LogP contribution >= 0.6 is 11.3 Å². The van der Waals surface area contributed by atoms with E-state index in [2.05, 4.69) is 194 Å². The van der Waals surface area contributed by atoms with Crippen LogP contribution in [-0.4, -0.2) is 22.8 Å². The third-order valence-corrected chi connectivity index (χ3v) is 13.3. The van der Waals surface area contributed by atoms with Crippen LogP contribution in [0.25, 0.3) is 92.2 Å². The third-order valence-electron chi connectivity index (χ3n) is 12.2. The van der Waals surface area contributed by atoms with Crippen molar-refractivity contribution in [1.82, 2.24) is 9.88 Å². The molecule has 1 aliphatic heterocycles. The summed E-state index contributed by atoms with van der Waals surface area (Å²) in [6.07, 6.45) is 2.27. The van der Waals surface area contributed by atoms with Crippen LogP contribution in [0.3, 0.4) is 0 Å². The number of hydrogen-bond donors (Lipinski definition) is 0. The van der Waals surface area contributed by atoms with E-state index in [-0.39, 0.29) is 6.04 Å². The average molecular weight is 800 g/mol. The van der Waals surface area contributed by atoms with Crippen molar-refractivity contribution in [3.8, 4) is 33.5 Å². The van der Waals surface area contributed by atoms with Crippen molar-refractivity contribution >= 4 is 75.9 Å². The molecule has 61 heavy (non-hydrogen) atoms. The molecule has 1 atom stereocenters. The van der Waals surface area contributed by atoms with Crippen LogP contribution in [-0.2, 0) is 0 Å². The summed E-state index contributed by atoms with van der Waals surface area (Å²) < 4.78 is 8.73. The van der Waals surface area contributed by atoms with Gasteiger partial charge in [-0.1, -0.05) is 158 Å². The molecule has 12 rings (SSSR count). The molecule has 5 heteroatoms. The van der Waals surface area contributed by atoms with Gasteiger partial charge in [-0.05, 0) is 75.9 Å². The Hall–Kier alpha value is -7.60. The second kappa shape index (κ2) is 14.3. The normalized spacial score (nSPS) is 14.3. The van der Waals surface area contributed by atoms with Crippen LogP contribution in [0.5, 0.6) is 0 Å². The van der Waals surface area contributed by atoms with Gasteiger partial charge in [-0.15, -0.1) is 11.3 Å². The van der Waals surface area contributed by atoms with E-state index in [1.54, 1.807) is 0 Å². The molecule has 3 aromatic heterocycles. The first-order chi connectivity index (χ1) is 30.1. The highest BCUT2D eigenvalue weighted by molar-refractivity contribution is 7.26. The van der Waals surface area contributed by atoms with Crippen LogP contribution in [0.15, 0.2) is 210 Å². The van der Waals surface area contributed by atoms with Gasteiger partial charge >= 0.3 is 0 Å². The minimum Gasteiger partial charge on any atom is -0.456 e. The number of fused-ring (bicyclic) bond motifs is 8. The second-order valence-electron chi connectivity index (χ2n) is 15.8. The Balaban J connectivity index is 0.890. The summed E-state index contributed by atoms with van der Waals surface area (Å²) in [6.45, 7) is 0. The third kappa shape index (κ3) is 6.04. The first-order valence-electron chi connectivity index (χ1n) is 20.6. The molecule has 0 spiro atoms. The van der Waals surface area contributed by atoms with Crippen molar-refractivity contribution in [2.75, 3.05) is 7.05 Å². The van der Waals surface area contributed by atoms with Crippen LogP contribution in [0.4, 0.5) is 0 Å². The molecule has 288 valence electrons. The SMILES string of the molecule is CN1C(c2ccc(-c3ccc(-c4nc5ccc(-c6ccc7c(c6)oc6ccccc67)cc5c5c4sc4ccccc45)cc3)cc2)=NC(c2ccccc2)=C[C@@H]1c1ccccc1. The summed E-state index contributed by atoms with van der Waals surface area (Å²) in [5, 5.41) is 5.94. The van der Waals surface area contributed by atoms with Gasteiger partial charge in [0.15, 0.2) is 0 Å². The number of amidine groups is 1. The van der Waals surface area contributed by atoms with Gasteiger partial charge in [-0.25, -0.2) is 9.98 Å². The van der Waals surface area contributed by atoms with Gasteiger partial charge in [0.25, 0.3) is 0 Å². The molecule has 0 saturated carbocycles. The van der Waals surface area contributed by atoms with E-state index in [0.717, 1.165) is 89.0 Å². The molecular formula is C56H37N3OS. The van der Waals surface area contributed by atoms with Gasteiger partial charge < -0.3 is 9.32 Å². The summed E-state index contributed by atoms with van der Waals surface area (Å²) in [6, 6.07) is 69.1. The molecule has 11 aromatic rings. The molecule has 0 fully saturated rings. The van der Waals surface area contributed by atoms with Gasteiger partial charge in [0.2, 0.25) is 0 Å². The predicted molar refractivity (Wildman–Crippen MR) is 256 cm³/mol. The van der Waals surface area contributed by atoms with Crippen LogP contribution in [0.1, 0.15) is 22.7 Å². The molecule has 0 unspecified atom stereocenters. The van der Waals surface area contributed by atoms with Crippen molar-refractivity contribution in [2.45, 2.75) is 6.04 Å². The lowest BCUT2D eigenvalue weighted by atomic mass is 9.97. The van der Waals surface area contributed by atoms with Gasteiger partial charge in [0.05, 0.1) is 27.6 Å². The maximum Gasteiger partial charge on any atom is 0.137 e. The number of rotatable bonds is 6. The number of thiophene rings is 1. The highest BCUT2D eigenvalue weighted by Gasteiger charge is 2.25. The smallest absolute Gasteiger partial charge is 0.137 e. The monoisotopic (exact) mass is 799 g/mol. The number of likely N-dealkylation sites (N-methyl/N-ethyl adjacent to an activating group) is 1. The zero-order valence-corrected chi connectivity index (χ0v) is 34.1. The Morgan fingerprint density at radius 2 is 1.10 bits per heavy atom. The van der Waals surface area contributed by atoms with E-state index in [0.29, 0.717) is 0 Å². The summed E-state index contributed by atoms with van der Waals surface area (Å²) in [7, 11) is 2.14. The number of nitrogens with zero attached hydrogens (tertiary/aromatic N) is 3. The van der Waals surface area contributed by atoms with E-state index in [1.165, 1.54) is 25.7 Å². The van der Waals surface area contributed by atoms with E-state index < -0.39 is 0 Å². The number of hydrogen-bond acceptors (Lipinski definition) is 5. The Kier molecular flexibility index (Phi) is 8.29. The molecule has 0 radical (unpaired) electrons. The quantitative estimate of drug-likeness (QED) is 0.168. The lowest BCUT2D eigenvalue weighted by Gasteiger charge is -2.33. The number of para-hydroxylation sites is 1. The molecule has 0 saturated heterocycles. The topological polar surface area (TPSA) is 41.6 Å². The maximum absolute atomic E-state index is 6.27. The molecule has 4 heterocycles. The molecular weight excluding hydrogens is 763 g/mol. The van der Waals surface area contributed by atoms with Gasteiger partial charge in [-0.2, -0.15) is 0 Å². The zero-order chi connectivity index (χ0) is 40.4. The summed E-state index contributed by atoms with van der Waals surface area (Å²) in [5.41, 5.74) is 13.9. The van der Waals surface area contributed by atoms with Crippen LogP contribution in [0, 0.1) is 0 Å². The summed E-state index contributed by atoms with van der Waals surface area (Å²) in [4.78, 5) is 12.9. The number of aromatic nitrogens is 1. The van der Waals surface area contributed by atoms with E-state index in [9.17, 15) is 0 Å². The number of pyridine rings is 1. The minimum atomic E-state index is 0.0628. The molecule has 8 aromatic carbocycles. The standard InChI is InChI=1S/C56H37N3OS/c1-59-49(38-14-6-3-7-15-38)34-48(37-12-4-2-5-13-37)58-56(59)40-26-22-36(23-27-40)35-20-24-39(25-21-35)54-55-53(45-17-9-11-19-52(45)61-55)46-32-41(29-31-47(46)57-54)42-28-30-44-43-16-8-10-18-50(43)60-51(44)33-42/h2-34,49H,1H3/t49-/m1/s1. The molecule has 0 aliphatic carbocycles. The zero-order valence-electron chi connectivity index (χ0n) is 33.3. The lowest BCUT2D eigenvalue weighted by Crippen LogP contribution is -2.33. The first kappa shape index (κ1) is 35.4. The van der Waals surface area contributed by atoms with E-state index in [4.69, 9.17) is 14.4 Å². The molecule has 1 aliphatic rings. The Labute approximate surface area is 357 Å². The molecule has 0 amide bonds. The molecule has 0 bridgehead atoms. The van der Waals surface area contributed by atoms with Gasteiger partial charge in [-0.3, -0.25) is 0 Å². The molecule has 4 nitrogen and oxygen atoms in total. The highest BCUT2D eigenvalue weighted by Crippen LogP contribution is 2.44. The van der Waals surface area contributed by atoms with E-state index >= 15 is 0 Å². The lowest BCUT2D eigenvalue weighted by molar-refractivity contribution is 0.435. The van der Waals surface area contributed by atoms with Gasteiger partial charge in [0, 0.05) is 49.8 Å². The first-order valence-corrected chi connectivity index (χ1v) is 21.5. The molecule has 0 N–H and O–H groups in total. The van der Waals surface area contributed by atoms with Gasteiger partial charge in [0.1, 0.15) is 17.0 Å². The number of furan rings is 1. The highest BCUT2D eigenvalue weighted by atomic mass is 32.1. The van der Waals surface area contributed by atoms with Crippen molar-refractivity contribution in [3.05, 3.63) is 217 Å². The van der Waals surface area contributed by atoms with Crippen molar-refractivity contribution in [2.24, 2.45) is 4.99 Å². The fourth-order valence-corrected chi connectivity index (χ4v) is 10.3. The second-order valence-corrected chi connectivity index (χ2v) is 16.8. The summed E-state index contributed by atoms with van der Waals surface area (Å²) >= 11 is 1.82. The van der Waals surface area contributed by atoms with Crippen molar-refractivity contribution < 1.29 is 4.42 Å². The minimum absolute atomic E-state index is 0.0628. The van der Waals surface area contributed by atoms with Crippen LogP contribution < -0.4 is 0 Å². The average Bonchev–Trinajstić information content (AvgIpc) is 3.91. The van der Waals surface area contributed by atoms with Crippen LogP contribution in [0.2, 0.25) is 0 Å². The maximum atomic E-state index is 6.27. The number of benzene rings is 8. The predicted octanol–water partition coefficient (Wildman–Crippen LogP) is 15.0. The van der Waals surface area contributed by atoms with E-state index in [1.807, 2.05) is 29.5 Å². The largest absolute Gasteiger partial charge is 0.456 e.